The molecule has 2 aromatic carbocycles. The molecule has 1 amide bonds. The van der Waals surface area contributed by atoms with E-state index in [9.17, 15) is 4.79 Å². The van der Waals surface area contributed by atoms with E-state index in [0.717, 1.165) is 29.3 Å². The van der Waals surface area contributed by atoms with Gasteiger partial charge in [-0.3, -0.25) is 4.79 Å². The smallest absolute Gasteiger partial charge is 0.225 e. The minimum Gasteiger partial charge on any atom is -0.374 e. The van der Waals surface area contributed by atoms with E-state index >= 15 is 0 Å². The number of benzene rings is 2. The molecule has 0 fully saturated rings. The molecule has 6 heteroatoms. The van der Waals surface area contributed by atoms with Crippen LogP contribution >= 0.6 is 0 Å². The molecule has 0 spiro atoms. The Balaban J connectivity index is 1.59. The first kappa shape index (κ1) is 21.8. The largest absolute Gasteiger partial charge is 0.374 e. The van der Waals surface area contributed by atoms with Gasteiger partial charge in [0.1, 0.15) is 0 Å². The number of aliphatic imine (C=N–C) groups is 1. The average molecular weight is 409 g/mol. The summed E-state index contributed by atoms with van der Waals surface area (Å²) in [7, 11) is 0. The maximum absolute atomic E-state index is 12.0. The molecule has 1 aliphatic heterocycles. The van der Waals surface area contributed by atoms with Gasteiger partial charge >= 0.3 is 0 Å². The number of rotatable bonds is 8. The van der Waals surface area contributed by atoms with Crippen LogP contribution in [0.15, 0.2) is 53.5 Å². The van der Waals surface area contributed by atoms with Crippen molar-refractivity contribution in [3.63, 3.8) is 0 Å². The van der Waals surface area contributed by atoms with Crippen LogP contribution in [0.3, 0.4) is 0 Å². The van der Waals surface area contributed by atoms with Crippen molar-refractivity contribution in [3.05, 3.63) is 65.2 Å². The monoisotopic (exact) mass is 408 g/mol. The minimum absolute atomic E-state index is 0.0592. The highest BCUT2D eigenvalue weighted by molar-refractivity contribution is 5.94. The van der Waals surface area contributed by atoms with Crippen molar-refractivity contribution in [1.29, 1.82) is 0 Å². The number of amides is 1. The first-order valence-corrected chi connectivity index (χ1v) is 10.7. The number of para-hydroxylation sites is 1. The third-order valence-electron chi connectivity index (χ3n) is 4.99. The maximum Gasteiger partial charge on any atom is 0.225 e. The molecule has 0 aromatic heterocycles. The summed E-state index contributed by atoms with van der Waals surface area (Å²) in [5.74, 6) is 0.941. The first-order valence-electron chi connectivity index (χ1n) is 10.7. The SMILES string of the molecule is CCNC(=NCc1ccc(COC(C)C)cc1)NCC1CC(=O)Nc2ccccc21. The molecule has 0 bridgehead atoms. The predicted molar refractivity (Wildman–Crippen MR) is 122 cm³/mol. The Morgan fingerprint density at radius 1 is 1.13 bits per heavy atom. The van der Waals surface area contributed by atoms with Gasteiger partial charge in [0.05, 0.1) is 19.3 Å². The standard InChI is InChI=1S/C24H32N4O2/c1-4-25-24(26-14-18-9-11-19(12-10-18)16-30-17(2)3)27-15-20-13-23(29)28-22-8-6-5-7-21(20)22/h5-12,17,20H,4,13-16H2,1-3H3,(H,28,29)(H2,25,26,27). The van der Waals surface area contributed by atoms with Gasteiger partial charge in [-0.25, -0.2) is 4.99 Å². The quantitative estimate of drug-likeness (QED) is 0.459. The fourth-order valence-electron chi connectivity index (χ4n) is 3.42. The van der Waals surface area contributed by atoms with Crippen molar-refractivity contribution in [2.45, 2.75) is 52.4 Å². The zero-order valence-corrected chi connectivity index (χ0v) is 18.1. The number of fused-ring (bicyclic) bond motifs is 1. The first-order chi connectivity index (χ1) is 14.5. The van der Waals surface area contributed by atoms with Gasteiger partial charge in [0.2, 0.25) is 5.91 Å². The van der Waals surface area contributed by atoms with E-state index in [-0.39, 0.29) is 17.9 Å². The molecule has 2 aromatic rings. The molecule has 3 N–H and O–H groups in total. The van der Waals surface area contributed by atoms with Crippen LogP contribution in [0.4, 0.5) is 5.69 Å². The summed E-state index contributed by atoms with van der Waals surface area (Å²) in [5, 5.41) is 9.64. The van der Waals surface area contributed by atoms with E-state index in [0.29, 0.717) is 26.1 Å². The van der Waals surface area contributed by atoms with E-state index in [2.05, 4.69) is 46.3 Å². The lowest BCUT2D eigenvalue weighted by molar-refractivity contribution is -0.116. The van der Waals surface area contributed by atoms with E-state index in [1.54, 1.807) is 0 Å². The molecule has 1 atom stereocenters. The minimum atomic E-state index is 0.0592. The van der Waals surface area contributed by atoms with Crippen LogP contribution in [0.25, 0.3) is 0 Å². The molecule has 1 aliphatic rings. The Bertz CT molecular complexity index is 862. The van der Waals surface area contributed by atoms with Crippen LogP contribution < -0.4 is 16.0 Å². The molecule has 160 valence electrons. The van der Waals surface area contributed by atoms with E-state index < -0.39 is 0 Å². The van der Waals surface area contributed by atoms with Gasteiger partial charge in [-0.1, -0.05) is 42.5 Å². The lowest BCUT2D eigenvalue weighted by Crippen LogP contribution is -2.40. The van der Waals surface area contributed by atoms with Crippen LogP contribution in [0.2, 0.25) is 0 Å². The summed E-state index contributed by atoms with van der Waals surface area (Å²) >= 11 is 0. The molecular formula is C24H32N4O2. The second-order valence-electron chi connectivity index (χ2n) is 7.79. The molecule has 0 saturated heterocycles. The van der Waals surface area contributed by atoms with E-state index in [1.165, 1.54) is 5.56 Å². The highest BCUT2D eigenvalue weighted by atomic mass is 16.5. The van der Waals surface area contributed by atoms with Gasteiger partial charge in [0.25, 0.3) is 0 Å². The predicted octanol–water partition coefficient (Wildman–Crippen LogP) is 3.79. The number of nitrogens with zero attached hydrogens (tertiary/aromatic N) is 1. The summed E-state index contributed by atoms with van der Waals surface area (Å²) in [6.45, 7) is 8.77. The molecule has 6 nitrogen and oxygen atoms in total. The summed E-state index contributed by atoms with van der Waals surface area (Å²) in [4.78, 5) is 16.7. The normalized spacial score (nSPS) is 16.2. The second-order valence-corrected chi connectivity index (χ2v) is 7.79. The fraction of sp³-hybridized carbons (Fsp3) is 0.417. The van der Waals surface area contributed by atoms with Crippen LogP contribution in [-0.4, -0.2) is 31.1 Å². The zero-order valence-electron chi connectivity index (χ0n) is 18.1. The Morgan fingerprint density at radius 2 is 1.87 bits per heavy atom. The molecular weight excluding hydrogens is 376 g/mol. The summed E-state index contributed by atoms with van der Waals surface area (Å²) in [5.41, 5.74) is 4.38. The Morgan fingerprint density at radius 3 is 2.60 bits per heavy atom. The number of ether oxygens (including phenoxy) is 1. The lowest BCUT2D eigenvalue weighted by Gasteiger charge is -2.26. The van der Waals surface area contributed by atoms with Crippen molar-refractivity contribution in [2.24, 2.45) is 4.99 Å². The van der Waals surface area contributed by atoms with Crippen LogP contribution in [0, 0.1) is 0 Å². The number of guanidine groups is 1. The summed E-state index contributed by atoms with van der Waals surface area (Å²) < 4.78 is 5.64. The van der Waals surface area contributed by atoms with Gasteiger partial charge in [0.15, 0.2) is 5.96 Å². The van der Waals surface area contributed by atoms with E-state index in [4.69, 9.17) is 9.73 Å². The van der Waals surface area contributed by atoms with Crippen molar-refractivity contribution in [2.75, 3.05) is 18.4 Å². The Kier molecular flexibility index (Phi) is 7.85. The van der Waals surface area contributed by atoms with Crippen molar-refractivity contribution in [1.82, 2.24) is 10.6 Å². The van der Waals surface area contributed by atoms with Crippen molar-refractivity contribution in [3.8, 4) is 0 Å². The number of nitrogens with one attached hydrogen (secondary N) is 3. The average Bonchev–Trinajstić information content (AvgIpc) is 2.74. The van der Waals surface area contributed by atoms with E-state index in [1.807, 2.05) is 39.0 Å². The zero-order chi connectivity index (χ0) is 21.3. The third kappa shape index (κ3) is 6.32. The number of anilines is 1. The highest BCUT2D eigenvalue weighted by Gasteiger charge is 2.24. The van der Waals surface area contributed by atoms with Crippen molar-refractivity contribution >= 4 is 17.6 Å². The fourth-order valence-corrected chi connectivity index (χ4v) is 3.42. The van der Waals surface area contributed by atoms with Crippen molar-refractivity contribution < 1.29 is 9.53 Å². The topological polar surface area (TPSA) is 74.8 Å². The number of hydrogen-bond donors (Lipinski definition) is 3. The summed E-state index contributed by atoms with van der Waals surface area (Å²) in [6, 6.07) is 16.3. The van der Waals surface area contributed by atoms with Crippen LogP contribution in [0.1, 0.15) is 49.8 Å². The Hall–Kier alpha value is -2.86. The van der Waals surface area contributed by atoms with Gasteiger partial charge in [-0.05, 0) is 43.5 Å². The molecule has 0 aliphatic carbocycles. The van der Waals surface area contributed by atoms with Gasteiger partial charge in [-0.2, -0.15) is 0 Å². The highest BCUT2D eigenvalue weighted by Crippen LogP contribution is 2.31. The molecule has 0 radical (unpaired) electrons. The van der Waals surface area contributed by atoms with Gasteiger partial charge in [0, 0.05) is 31.1 Å². The van der Waals surface area contributed by atoms with Gasteiger partial charge < -0.3 is 20.7 Å². The van der Waals surface area contributed by atoms with Gasteiger partial charge in [-0.15, -0.1) is 0 Å². The molecule has 3 rings (SSSR count). The molecule has 0 saturated carbocycles. The maximum atomic E-state index is 12.0. The summed E-state index contributed by atoms with van der Waals surface area (Å²) in [6.07, 6.45) is 0.703. The molecule has 1 heterocycles. The second kappa shape index (κ2) is 10.8. The molecule has 30 heavy (non-hydrogen) atoms. The lowest BCUT2D eigenvalue weighted by atomic mass is 9.90. The number of carbonyl (C=O) groups excluding carboxylic acids is 1. The number of carbonyl (C=O) groups is 1. The van der Waals surface area contributed by atoms with Crippen LogP contribution in [0.5, 0.6) is 0 Å². The third-order valence-corrected chi connectivity index (χ3v) is 4.99. The number of hydrogen-bond acceptors (Lipinski definition) is 3. The Labute approximate surface area is 179 Å². The van der Waals surface area contributed by atoms with Crippen LogP contribution in [-0.2, 0) is 22.7 Å². The molecule has 1 unspecified atom stereocenters.